The molecule has 0 unspecified atom stereocenters. The zero-order chi connectivity index (χ0) is 13.0. The van der Waals surface area contributed by atoms with Gasteiger partial charge in [-0.15, -0.1) is 0 Å². The van der Waals surface area contributed by atoms with Crippen molar-refractivity contribution in [2.75, 3.05) is 13.7 Å². The van der Waals surface area contributed by atoms with Gasteiger partial charge in [-0.3, -0.25) is 4.98 Å². The highest BCUT2D eigenvalue weighted by Gasteiger charge is 2.07. The van der Waals surface area contributed by atoms with Crippen LogP contribution in [-0.4, -0.2) is 23.7 Å². The Morgan fingerprint density at radius 3 is 2.78 bits per heavy atom. The first-order valence-electron chi connectivity index (χ1n) is 5.84. The molecule has 4 nitrogen and oxygen atoms in total. The van der Waals surface area contributed by atoms with Gasteiger partial charge in [-0.2, -0.15) is 0 Å². The summed E-state index contributed by atoms with van der Waals surface area (Å²) in [6.07, 6.45) is 3.31. The average molecular weight is 244 g/mol. The minimum absolute atomic E-state index is 0.508. The second-order valence-electron chi connectivity index (χ2n) is 3.86. The Balaban J connectivity index is 2.44. The first-order valence-corrected chi connectivity index (χ1v) is 5.84. The van der Waals surface area contributed by atoms with E-state index in [9.17, 15) is 0 Å². The maximum Gasteiger partial charge on any atom is 0.232 e. The van der Waals surface area contributed by atoms with Gasteiger partial charge in [-0.25, -0.2) is 4.98 Å². The molecule has 0 aliphatic rings. The van der Waals surface area contributed by atoms with Gasteiger partial charge in [-0.1, -0.05) is 6.07 Å². The molecule has 0 N–H and O–H groups in total. The maximum atomic E-state index is 5.50. The Labute approximate surface area is 107 Å². The summed E-state index contributed by atoms with van der Waals surface area (Å²) < 4.78 is 10.6. The average Bonchev–Trinajstić information content (AvgIpc) is 2.41. The predicted molar refractivity (Wildman–Crippen MR) is 69.9 cm³/mol. The maximum absolute atomic E-state index is 5.50. The van der Waals surface area contributed by atoms with Crippen LogP contribution in [-0.2, 0) is 0 Å². The molecule has 0 radical (unpaired) electrons. The van der Waals surface area contributed by atoms with Gasteiger partial charge in [0.25, 0.3) is 0 Å². The molecular formula is C14H16N2O2. The van der Waals surface area contributed by atoms with Crippen molar-refractivity contribution in [3.63, 3.8) is 0 Å². The SMILES string of the molecule is CCOc1ccc(C)c(-c2cncc(OC)n2)c1. The molecule has 18 heavy (non-hydrogen) atoms. The van der Waals surface area contributed by atoms with Crippen LogP contribution in [0.1, 0.15) is 12.5 Å². The molecule has 0 saturated heterocycles. The first kappa shape index (κ1) is 12.4. The Morgan fingerprint density at radius 1 is 1.22 bits per heavy atom. The van der Waals surface area contributed by atoms with Crippen molar-refractivity contribution < 1.29 is 9.47 Å². The third-order valence-electron chi connectivity index (χ3n) is 2.62. The van der Waals surface area contributed by atoms with Crippen LogP contribution in [0.25, 0.3) is 11.3 Å². The number of aromatic nitrogens is 2. The third-order valence-corrected chi connectivity index (χ3v) is 2.62. The zero-order valence-electron chi connectivity index (χ0n) is 10.8. The van der Waals surface area contributed by atoms with Crippen molar-refractivity contribution in [1.82, 2.24) is 9.97 Å². The molecule has 2 rings (SSSR count). The van der Waals surface area contributed by atoms with E-state index in [1.54, 1.807) is 19.5 Å². The van der Waals surface area contributed by atoms with E-state index in [4.69, 9.17) is 9.47 Å². The minimum atomic E-state index is 0.508. The number of hydrogen-bond donors (Lipinski definition) is 0. The predicted octanol–water partition coefficient (Wildman–Crippen LogP) is 2.86. The lowest BCUT2D eigenvalue weighted by Gasteiger charge is -2.09. The van der Waals surface area contributed by atoms with E-state index in [1.165, 1.54) is 0 Å². The van der Waals surface area contributed by atoms with Gasteiger partial charge in [0.05, 0.1) is 31.8 Å². The number of hydrogen-bond acceptors (Lipinski definition) is 4. The van der Waals surface area contributed by atoms with Crippen molar-refractivity contribution in [3.8, 4) is 22.9 Å². The number of rotatable bonds is 4. The fourth-order valence-corrected chi connectivity index (χ4v) is 1.71. The van der Waals surface area contributed by atoms with Crippen molar-refractivity contribution >= 4 is 0 Å². The summed E-state index contributed by atoms with van der Waals surface area (Å²) in [4.78, 5) is 8.50. The van der Waals surface area contributed by atoms with Crippen molar-refractivity contribution in [1.29, 1.82) is 0 Å². The summed E-state index contributed by atoms with van der Waals surface area (Å²) in [7, 11) is 1.58. The van der Waals surface area contributed by atoms with Crippen LogP contribution in [0.15, 0.2) is 30.6 Å². The first-order chi connectivity index (χ1) is 8.74. The second kappa shape index (κ2) is 5.49. The lowest BCUT2D eigenvalue weighted by molar-refractivity contribution is 0.340. The molecule has 1 aromatic carbocycles. The summed E-state index contributed by atoms with van der Waals surface area (Å²) in [5, 5.41) is 0. The van der Waals surface area contributed by atoms with Crippen LogP contribution >= 0.6 is 0 Å². The molecule has 0 saturated carbocycles. The molecular weight excluding hydrogens is 228 g/mol. The van der Waals surface area contributed by atoms with E-state index in [0.29, 0.717) is 12.5 Å². The van der Waals surface area contributed by atoms with Crippen molar-refractivity contribution in [3.05, 3.63) is 36.2 Å². The number of nitrogens with zero attached hydrogens (tertiary/aromatic N) is 2. The Bertz CT molecular complexity index is 541. The molecule has 2 aromatic rings. The van der Waals surface area contributed by atoms with Gasteiger partial charge in [0.15, 0.2) is 0 Å². The molecule has 4 heteroatoms. The van der Waals surface area contributed by atoms with Gasteiger partial charge in [0.1, 0.15) is 5.75 Å². The van der Waals surface area contributed by atoms with Crippen LogP contribution in [0.2, 0.25) is 0 Å². The highest BCUT2D eigenvalue weighted by Crippen LogP contribution is 2.26. The molecule has 94 valence electrons. The van der Waals surface area contributed by atoms with Gasteiger partial charge < -0.3 is 9.47 Å². The Kier molecular flexibility index (Phi) is 3.77. The van der Waals surface area contributed by atoms with E-state index >= 15 is 0 Å². The Morgan fingerprint density at radius 2 is 2.06 bits per heavy atom. The van der Waals surface area contributed by atoms with E-state index in [0.717, 1.165) is 22.6 Å². The lowest BCUT2D eigenvalue weighted by Crippen LogP contribution is -1.95. The normalized spacial score (nSPS) is 10.2. The molecule has 0 bridgehead atoms. The molecule has 1 heterocycles. The van der Waals surface area contributed by atoms with E-state index in [2.05, 4.69) is 9.97 Å². The second-order valence-corrected chi connectivity index (χ2v) is 3.86. The quantitative estimate of drug-likeness (QED) is 0.829. The summed E-state index contributed by atoms with van der Waals surface area (Å²) in [5.74, 6) is 1.34. The fourth-order valence-electron chi connectivity index (χ4n) is 1.71. The lowest BCUT2D eigenvalue weighted by atomic mass is 10.1. The molecule has 1 aromatic heterocycles. The van der Waals surface area contributed by atoms with E-state index in [1.807, 2.05) is 32.0 Å². The molecule has 0 atom stereocenters. The van der Waals surface area contributed by atoms with Crippen LogP contribution in [0, 0.1) is 6.92 Å². The number of aryl methyl sites for hydroxylation is 1. The Hall–Kier alpha value is -2.10. The highest BCUT2D eigenvalue weighted by atomic mass is 16.5. The monoisotopic (exact) mass is 244 g/mol. The molecule has 0 aliphatic heterocycles. The fraction of sp³-hybridized carbons (Fsp3) is 0.286. The zero-order valence-corrected chi connectivity index (χ0v) is 10.8. The van der Waals surface area contributed by atoms with Crippen LogP contribution in [0.3, 0.4) is 0 Å². The van der Waals surface area contributed by atoms with E-state index in [-0.39, 0.29) is 0 Å². The van der Waals surface area contributed by atoms with Crippen LogP contribution in [0.4, 0.5) is 0 Å². The van der Waals surface area contributed by atoms with E-state index < -0.39 is 0 Å². The summed E-state index contributed by atoms with van der Waals surface area (Å²) in [5.41, 5.74) is 2.92. The van der Waals surface area contributed by atoms with Crippen molar-refractivity contribution in [2.45, 2.75) is 13.8 Å². The molecule has 0 aliphatic carbocycles. The third kappa shape index (κ3) is 2.59. The minimum Gasteiger partial charge on any atom is -0.494 e. The van der Waals surface area contributed by atoms with Crippen LogP contribution < -0.4 is 9.47 Å². The largest absolute Gasteiger partial charge is 0.494 e. The van der Waals surface area contributed by atoms with Gasteiger partial charge in [0.2, 0.25) is 5.88 Å². The van der Waals surface area contributed by atoms with Crippen LogP contribution in [0.5, 0.6) is 11.6 Å². The number of methoxy groups -OCH3 is 1. The molecule has 0 fully saturated rings. The van der Waals surface area contributed by atoms with Gasteiger partial charge in [-0.05, 0) is 31.5 Å². The smallest absolute Gasteiger partial charge is 0.232 e. The topological polar surface area (TPSA) is 44.2 Å². The van der Waals surface area contributed by atoms with Crippen molar-refractivity contribution in [2.24, 2.45) is 0 Å². The molecule has 0 spiro atoms. The highest BCUT2D eigenvalue weighted by molar-refractivity contribution is 5.65. The summed E-state index contributed by atoms with van der Waals surface area (Å²) in [6, 6.07) is 5.94. The van der Waals surface area contributed by atoms with Gasteiger partial charge >= 0.3 is 0 Å². The summed E-state index contributed by atoms with van der Waals surface area (Å²) >= 11 is 0. The molecule has 0 amide bonds. The standard InChI is InChI=1S/C14H16N2O2/c1-4-18-11-6-5-10(2)12(7-11)13-8-15-9-14(16-13)17-3/h5-9H,4H2,1-3H3. The number of benzene rings is 1. The van der Waals surface area contributed by atoms with Gasteiger partial charge in [0, 0.05) is 5.56 Å². The number of ether oxygens (including phenoxy) is 2. The summed E-state index contributed by atoms with van der Waals surface area (Å²) in [6.45, 7) is 4.64.